The van der Waals surface area contributed by atoms with Gasteiger partial charge in [-0.1, -0.05) is 11.2 Å². The number of ether oxygens (including phenoxy) is 2. The summed E-state index contributed by atoms with van der Waals surface area (Å²) in [5.41, 5.74) is 1.19. The van der Waals surface area contributed by atoms with Crippen LogP contribution in [0.15, 0.2) is 47.1 Å². The average molecular weight is 382 g/mol. The summed E-state index contributed by atoms with van der Waals surface area (Å²) >= 11 is 0. The monoisotopic (exact) mass is 382 g/mol. The van der Waals surface area contributed by atoms with Crippen molar-refractivity contribution in [1.29, 1.82) is 0 Å². The molecule has 0 atom stereocenters. The fourth-order valence-electron chi connectivity index (χ4n) is 2.53. The Bertz CT molecular complexity index is 912. The molecular formula is C20H22N4O4. The van der Waals surface area contributed by atoms with E-state index < -0.39 is 0 Å². The SMILES string of the molecule is CCOc1ccc(OCC)c(NC(=O)CCc2nc(-c3ccccn3)no2)c1. The van der Waals surface area contributed by atoms with Gasteiger partial charge < -0.3 is 19.3 Å². The third-order valence-electron chi connectivity index (χ3n) is 3.76. The molecule has 3 rings (SSSR count). The number of pyridine rings is 1. The van der Waals surface area contributed by atoms with Gasteiger partial charge in [0.15, 0.2) is 0 Å². The van der Waals surface area contributed by atoms with Crippen LogP contribution in [0.2, 0.25) is 0 Å². The summed E-state index contributed by atoms with van der Waals surface area (Å²) in [7, 11) is 0. The molecule has 2 aromatic heterocycles. The van der Waals surface area contributed by atoms with E-state index in [1.54, 1.807) is 24.4 Å². The van der Waals surface area contributed by atoms with Crippen LogP contribution in [-0.2, 0) is 11.2 Å². The molecule has 146 valence electrons. The van der Waals surface area contributed by atoms with Crippen molar-refractivity contribution in [2.24, 2.45) is 0 Å². The molecule has 8 nitrogen and oxygen atoms in total. The molecule has 0 radical (unpaired) electrons. The summed E-state index contributed by atoms with van der Waals surface area (Å²) < 4.78 is 16.3. The zero-order valence-electron chi connectivity index (χ0n) is 15.8. The van der Waals surface area contributed by atoms with Crippen molar-refractivity contribution < 1.29 is 18.8 Å². The van der Waals surface area contributed by atoms with E-state index >= 15 is 0 Å². The lowest BCUT2D eigenvalue weighted by Gasteiger charge is -2.13. The van der Waals surface area contributed by atoms with Crippen LogP contribution < -0.4 is 14.8 Å². The maximum atomic E-state index is 12.4. The Balaban J connectivity index is 1.61. The minimum atomic E-state index is -0.188. The molecule has 1 amide bonds. The standard InChI is InChI=1S/C20H22N4O4/c1-3-26-14-8-9-17(27-4-2)16(13-14)22-18(25)10-11-19-23-20(24-28-19)15-7-5-6-12-21-15/h5-9,12-13H,3-4,10-11H2,1-2H3,(H,22,25). The molecular weight excluding hydrogens is 360 g/mol. The van der Waals surface area contributed by atoms with Gasteiger partial charge in [-0.15, -0.1) is 0 Å². The molecule has 2 heterocycles. The fourth-order valence-corrected chi connectivity index (χ4v) is 2.53. The summed E-state index contributed by atoms with van der Waals surface area (Å²) in [6.45, 7) is 4.82. The zero-order chi connectivity index (χ0) is 19.8. The van der Waals surface area contributed by atoms with Gasteiger partial charge in [-0.25, -0.2) is 0 Å². The highest BCUT2D eigenvalue weighted by Gasteiger charge is 2.13. The van der Waals surface area contributed by atoms with Gasteiger partial charge in [0.2, 0.25) is 17.6 Å². The molecule has 0 saturated carbocycles. The molecule has 0 fully saturated rings. The van der Waals surface area contributed by atoms with Crippen molar-refractivity contribution >= 4 is 11.6 Å². The van der Waals surface area contributed by atoms with Crippen LogP contribution in [0, 0.1) is 0 Å². The van der Waals surface area contributed by atoms with Crippen LogP contribution in [0.3, 0.4) is 0 Å². The molecule has 1 aromatic carbocycles. The average Bonchev–Trinajstić information content (AvgIpc) is 3.19. The van der Waals surface area contributed by atoms with Crippen molar-refractivity contribution in [3.63, 3.8) is 0 Å². The molecule has 28 heavy (non-hydrogen) atoms. The number of benzene rings is 1. The highest BCUT2D eigenvalue weighted by Crippen LogP contribution is 2.29. The minimum Gasteiger partial charge on any atom is -0.494 e. The number of rotatable bonds is 9. The second-order valence-electron chi connectivity index (χ2n) is 5.80. The van der Waals surface area contributed by atoms with Crippen molar-refractivity contribution in [1.82, 2.24) is 15.1 Å². The number of nitrogens with zero attached hydrogens (tertiary/aromatic N) is 3. The van der Waals surface area contributed by atoms with Crippen LogP contribution in [0.25, 0.3) is 11.5 Å². The van der Waals surface area contributed by atoms with Crippen molar-refractivity contribution in [2.75, 3.05) is 18.5 Å². The first kappa shape index (κ1) is 19.3. The first-order valence-corrected chi connectivity index (χ1v) is 9.13. The molecule has 0 spiro atoms. The van der Waals surface area contributed by atoms with Crippen LogP contribution in [0.1, 0.15) is 26.2 Å². The molecule has 0 unspecified atom stereocenters. The Morgan fingerprint density at radius 1 is 1.14 bits per heavy atom. The van der Waals surface area contributed by atoms with Crippen LogP contribution >= 0.6 is 0 Å². The van der Waals surface area contributed by atoms with Crippen molar-refractivity contribution in [3.05, 3.63) is 48.5 Å². The second kappa shape index (κ2) is 9.50. The van der Waals surface area contributed by atoms with E-state index in [-0.39, 0.29) is 12.3 Å². The van der Waals surface area contributed by atoms with Gasteiger partial charge in [-0.2, -0.15) is 4.98 Å². The van der Waals surface area contributed by atoms with Crippen LogP contribution in [0.4, 0.5) is 5.69 Å². The summed E-state index contributed by atoms with van der Waals surface area (Å²) in [6.07, 6.45) is 2.17. The van der Waals surface area contributed by atoms with Crippen molar-refractivity contribution in [3.8, 4) is 23.0 Å². The van der Waals surface area contributed by atoms with E-state index in [2.05, 4.69) is 20.4 Å². The third-order valence-corrected chi connectivity index (χ3v) is 3.76. The van der Waals surface area contributed by atoms with E-state index in [0.717, 1.165) is 0 Å². The number of carbonyl (C=O) groups is 1. The quantitative estimate of drug-likeness (QED) is 0.604. The lowest BCUT2D eigenvalue weighted by Crippen LogP contribution is -2.13. The van der Waals surface area contributed by atoms with Crippen LogP contribution in [-0.4, -0.2) is 34.2 Å². The number of aryl methyl sites for hydroxylation is 1. The minimum absolute atomic E-state index is 0.188. The van der Waals surface area contributed by atoms with Gasteiger partial charge in [0.1, 0.15) is 17.2 Å². The molecule has 1 N–H and O–H groups in total. The van der Waals surface area contributed by atoms with Gasteiger partial charge in [-0.05, 0) is 38.1 Å². The number of carbonyl (C=O) groups excluding carboxylic acids is 1. The number of anilines is 1. The van der Waals surface area contributed by atoms with E-state index in [0.29, 0.717) is 54.2 Å². The van der Waals surface area contributed by atoms with E-state index in [1.807, 2.05) is 32.0 Å². The number of nitrogens with one attached hydrogen (secondary N) is 1. The summed E-state index contributed by atoms with van der Waals surface area (Å²) in [4.78, 5) is 20.8. The molecule has 0 aliphatic carbocycles. The highest BCUT2D eigenvalue weighted by atomic mass is 16.5. The summed E-state index contributed by atoms with van der Waals surface area (Å²) in [6, 6.07) is 10.8. The topological polar surface area (TPSA) is 99.4 Å². The highest BCUT2D eigenvalue weighted by molar-refractivity contribution is 5.92. The van der Waals surface area contributed by atoms with Crippen LogP contribution in [0.5, 0.6) is 11.5 Å². The normalized spacial score (nSPS) is 10.5. The van der Waals surface area contributed by atoms with Gasteiger partial charge in [0, 0.05) is 25.1 Å². The Kier molecular flexibility index (Phi) is 6.56. The molecule has 0 saturated heterocycles. The largest absolute Gasteiger partial charge is 0.494 e. The third kappa shape index (κ3) is 5.06. The lowest BCUT2D eigenvalue weighted by molar-refractivity contribution is -0.116. The van der Waals surface area contributed by atoms with Gasteiger partial charge in [0.25, 0.3) is 0 Å². The maximum Gasteiger partial charge on any atom is 0.227 e. The predicted octanol–water partition coefficient (Wildman–Crippen LogP) is 3.50. The molecule has 0 aliphatic rings. The molecule has 8 heteroatoms. The van der Waals surface area contributed by atoms with Gasteiger partial charge >= 0.3 is 0 Å². The first-order valence-electron chi connectivity index (χ1n) is 9.13. The number of amides is 1. The Hall–Kier alpha value is -3.42. The lowest BCUT2D eigenvalue weighted by atomic mass is 10.2. The van der Waals surface area contributed by atoms with E-state index in [1.165, 1.54) is 0 Å². The summed E-state index contributed by atoms with van der Waals surface area (Å²) in [5.74, 6) is 1.85. The predicted molar refractivity (Wildman–Crippen MR) is 103 cm³/mol. The Morgan fingerprint density at radius 3 is 2.75 bits per heavy atom. The molecule has 0 bridgehead atoms. The Labute approximate surface area is 162 Å². The molecule has 3 aromatic rings. The van der Waals surface area contributed by atoms with Gasteiger partial charge in [0.05, 0.1) is 18.9 Å². The number of hydrogen-bond acceptors (Lipinski definition) is 7. The van der Waals surface area contributed by atoms with Gasteiger partial charge in [-0.3, -0.25) is 9.78 Å². The maximum absolute atomic E-state index is 12.4. The number of aromatic nitrogens is 3. The summed E-state index contributed by atoms with van der Waals surface area (Å²) in [5, 5.41) is 6.76. The zero-order valence-corrected chi connectivity index (χ0v) is 15.8. The Morgan fingerprint density at radius 2 is 2.00 bits per heavy atom. The van der Waals surface area contributed by atoms with Crippen molar-refractivity contribution in [2.45, 2.75) is 26.7 Å². The molecule has 0 aliphatic heterocycles. The first-order chi connectivity index (χ1) is 13.7. The van der Waals surface area contributed by atoms with E-state index in [4.69, 9.17) is 14.0 Å². The smallest absolute Gasteiger partial charge is 0.227 e. The second-order valence-corrected chi connectivity index (χ2v) is 5.80. The fraction of sp³-hybridized carbons (Fsp3) is 0.300. The van der Waals surface area contributed by atoms with E-state index in [9.17, 15) is 4.79 Å². The number of hydrogen-bond donors (Lipinski definition) is 1.